The summed E-state index contributed by atoms with van der Waals surface area (Å²) in [6, 6.07) is 0.932. The van der Waals surface area contributed by atoms with Crippen molar-refractivity contribution < 1.29 is 13.3 Å². The molecule has 2 aliphatic rings. The average molecular weight is 276 g/mol. The Balaban J connectivity index is 1.87. The highest BCUT2D eigenvalue weighted by atomic mass is 32.1. The third-order valence-corrected chi connectivity index (χ3v) is 8.04. The summed E-state index contributed by atoms with van der Waals surface area (Å²) in [4.78, 5) is 0. The Hall–Kier alpha value is 0.447. The summed E-state index contributed by atoms with van der Waals surface area (Å²) in [7, 11) is 2.72. The van der Waals surface area contributed by atoms with Crippen LogP contribution in [-0.2, 0) is 13.3 Å². The standard InChI is InChI=1S/C12H24O3SSi/c1-13-17(14-2,15-3)7-5-11-9-12(16)6-4-10(11)8-12/h10-11,16H,4-9H2,1-3H3. The molecule has 0 aromatic carbocycles. The van der Waals surface area contributed by atoms with Gasteiger partial charge < -0.3 is 13.3 Å². The highest BCUT2D eigenvalue weighted by Crippen LogP contribution is 2.56. The zero-order valence-electron chi connectivity index (χ0n) is 11.1. The van der Waals surface area contributed by atoms with Gasteiger partial charge in [-0.3, -0.25) is 0 Å². The molecule has 2 aliphatic carbocycles. The van der Waals surface area contributed by atoms with Crippen LogP contribution in [0.25, 0.3) is 0 Å². The minimum absolute atomic E-state index is 0.340. The predicted octanol–water partition coefficient (Wildman–Crippen LogP) is 2.74. The molecule has 2 bridgehead atoms. The van der Waals surface area contributed by atoms with Gasteiger partial charge in [-0.05, 0) is 43.9 Å². The van der Waals surface area contributed by atoms with Crippen molar-refractivity contribution in [2.75, 3.05) is 21.3 Å². The monoisotopic (exact) mass is 276 g/mol. The molecule has 100 valence electrons. The lowest BCUT2D eigenvalue weighted by molar-refractivity contribution is 0.119. The van der Waals surface area contributed by atoms with E-state index in [1.807, 2.05) is 0 Å². The molecule has 0 aromatic rings. The Morgan fingerprint density at radius 3 is 2.24 bits per heavy atom. The maximum Gasteiger partial charge on any atom is 0.500 e. The molecule has 3 nitrogen and oxygen atoms in total. The van der Waals surface area contributed by atoms with E-state index in [1.165, 1.54) is 25.7 Å². The van der Waals surface area contributed by atoms with Gasteiger partial charge in [-0.2, -0.15) is 12.6 Å². The maximum absolute atomic E-state index is 5.48. The number of fused-ring (bicyclic) bond motifs is 2. The number of hydrogen-bond donors (Lipinski definition) is 1. The first-order chi connectivity index (χ1) is 8.06. The first-order valence-corrected chi connectivity index (χ1v) is 8.82. The van der Waals surface area contributed by atoms with Gasteiger partial charge in [0, 0.05) is 32.1 Å². The van der Waals surface area contributed by atoms with Gasteiger partial charge in [0.2, 0.25) is 0 Å². The van der Waals surface area contributed by atoms with Crippen molar-refractivity contribution in [3.8, 4) is 0 Å². The third kappa shape index (κ3) is 2.73. The van der Waals surface area contributed by atoms with Crippen molar-refractivity contribution in [2.45, 2.75) is 42.9 Å². The van der Waals surface area contributed by atoms with Crippen LogP contribution in [0.4, 0.5) is 0 Å². The summed E-state index contributed by atoms with van der Waals surface area (Å²) in [5.74, 6) is 1.68. The Morgan fingerprint density at radius 2 is 1.82 bits per heavy atom. The molecule has 0 N–H and O–H groups in total. The summed E-state index contributed by atoms with van der Waals surface area (Å²) < 4.78 is 16.8. The number of hydrogen-bond acceptors (Lipinski definition) is 4. The van der Waals surface area contributed by atoms with Gasteiger partial charge in [0.1, 0.15) is 0 Å². The van der Waals surface area contributed by atoms with E-state index in [0.717, 1.165) is 24.3 Å². The molecule has 0 saturated heterocycles. The highest BCUT2D eigenvalue weighted by molar-refractivity contribution is 7.81. The SMILES string of the molecule is CO[Si](CCC1CC2(S)CCC1C2)(OC)OC. The maximum atomic E-state index is 5.48. The van der Waals surface area contributed by atoms with Crippen LogP contribution in [0.2, 0.25) is 6.04 Å². The fraction of sp³-hybridized carbons (Fsp3) is 1.00. The van der Waals surface area contributed by atoms with E-state index >= 15 is 0 Å². The van der Waals surface area contributed by atoms with Crippen molar-refractivity contribution in [3.05, 3.63) is 0 Å². The second-order valence-corrected chi connectivity index (χ2v) is 9.56. The smallest absolute Gasteiger partial charge is 0.377 e. The Bertz CT molecular complexity index is 264. The van der Waals surface area contributed by atoms with Crippen LogP contribution in [-0.4, -0.2) is 34.9 Å². The lowest BCUT2D eigenvalue weighted by Gasteiger charge is -2.29. The zero-order valence-corrected chi connectivity index (χ0v) is 13.0. The normalized spacial score (nSPS) is 36.7. The fourth-order valence-corrected chi connectivity index (χ4v) is 6.08. The van der Waals surface area contributed by atoms with Crippen molar-refractivity contribution >= 4 is 21.4 Å². The molecule has 0 heterocycles. The summed E-state index contributed by atoms with van der Waals surface area (Å²) in [5, 5.41) is 0. The molecule has 3 atom stereocenters. The quantitative estimate of drug-likeness (QED) is 0.597. The van der Waals surface area contributed by atoms with E-state index < -0.39 is 8.80 Å². The van der Waals surface area contributed by atoms with Crippen LogP contribution >= 0.6 is 12.6 Å². The van der Waals surface area contributed by atoms with Gasteiger partial charge in [-0.15, -0.1) is 0 Å². The molecule has 0 amide bonds. The third-order valence-electron chi connectivity index (χ3n) is 4.69. The largest absolute Gasteiger partial charge is 0.500 e. The fourth-order valence-electron chi connectivity index (χ4n) is 3.64. The molecule has 5 heteroatoms. The highest BCUT2D eigenvalue weighted by Gasteiger charge is 2.49. The van der Waals surface area contributed by atoms with Crippen molar-refractivity contribution in [1.29, 1.82) is 0 Å². The first kappa shape index (κ1) is 13.9. The number of rotatable bonds is 6. The molecular weight excluding hydrogens is 252 g/mol. The van der Waals surface area contributed by atoms with E-state index in [9.17, 15) is 0 Å². The molecule has 0 aliphatic heterocycles. The summed E-state index contributed by atoms with van der Waals surface area (Å²) in [6.45, 7) is 0. The average Bonchev–Trinajstić information content (AvgIpc) is 2.87. The Labute approximate surface area is 111 Å². The molecule has 2 fully saturated rings. The van der Waals surface area contributed by atoms with E-state index in [-0.39, 0.29) is 0 Å². The molecule has 2 saturated carbocycles. The van der Waals surface area contributed by atoms with Crippen LogP contribution in [0.3, 0.4) is 0 Å². The van der Waals surface area contributed by atoms with E-state index in [0.29, 0.717) is 4.75 Å². The second kappa shape index (κ2) is 5.21. The van der Waals surface area contributed by atoms with Crippen LogP contribution < -0.4 is 0 Å². The second-order valence-electron chi connectivity index (χ2n) is 5.53. The minimum Gasteiger partial charge on any atom is -0.377 e. The van der Waals surface area contributed by atoms with Crippen LogP contribution in [0.1, 0.15) is 32.1 Å². The summed E-state index contributed by atoms with van der Waals surface area (Å²) in [6.07, 6.45) is 6.40. The van der Waals surface area contributed by atoms with Gasteiger partial charge in [-0.1, -0.05) is 0 Å². The van der Waals surface area contributed by atoms with Gasteiger partial charge in [0.15, 0.2) is 0 Å². The lowest BCUT2D eigenvalue weighted by Crippen LogP contribution is -2.43. The first-order valence-electron chi connectivity index (χ1n) is 6.44. The van der Waals surface area contributed by atoms with Gasteiger partial charge >= 0.3 is 8.80 Å². The molecule has 2 rings (SSSR count). The summed E-state index contributed by atoms with van der Waals surface area (Å²) >= 11 is 4.83. The molecule has 0 radical (unpaired) electrons. The Kier molecular flexibility index (Phi) is 4.25. The van der Waals surface area contributed by atoms with Gasteiger partial charge in [-0.25, -0.2) is 0 Å². The van der Waals surface area contributed by atoms with Gasteiger partial charge in [0.25, 0.3) is 0 Å². The van der Waals surface area contributed by atoms with Crippen LogP contribution in [0, 0.1) is 11.8 Å². The van der Waals surface area contributed by atoms with Crippen LogP contribution in [0.15, 0.2) is 0 Å². The topological polar surface area (TPSA) is 27.7 Å². The van der Waals surface area contributed by atoms with Crippen molar-refractivity contribution in [2.24, 2.45) is 11.8 Å². The lowest BCUT2D eigenvalue weighted by atomic mass is 9.87. The molecule has 17 heavy (non-hydrogen) atoms. The molecule has 0 aromatic heterocycles. The molecule has 0 spiro atoms. The van der Waals surface area contributed by atoms with Crippen molar-refractivity contribution in [1.82, 2.24) is 0 Å². The Morgan fingerprint density at radius 1 is 1.18 bits per heavy atom. The van der Waals surface area contributed by atoms with E-state index in [4.69, 9.17) is 25.9 Å². The number of thiol groups is 1. The minimum atomic E-state index is -2.36. The van der Waals surface area contributed by atoms with E-state index in [2.05, 4.69) is 0 Å². The zero-order chi connectivity index (χ0) is 12.5. The van der Waals surface area contributed by atoms with E-state index in [1.54, 1.807) is 21.3 Å². The molecule has 3 unspecified atom stereocenters. The predicted molar refractivity (Wildman–Crippen MR) is 73.4 cm³/mol. The van der Waals surface area contributed by atoms with Crippen LogP contribution in [0.5, 0.6) is 0 Å². The van der Waals surface area contributed by atoms with Crippen molar-refractivity contribution in [3.63, 3.8) is 0 Å². The molecular formula is C12H24O3SSi. The van der Waals surface area contributed by atoms with Gasteiger partial charge in [0.05, 0.1) is 0 Å². The summed E-state index contributed by atoms with van der Waals surface area (Å²) in [5.41, 5.74) is 0.